The first-order valence-corrected chi connectivity index (χ1v) is 48.7. The first-order chi connectivity index (χ1) is 58.2. The molecule has 0 amide bonds. The number of fused-ring (bicyclic) bond motifs is 1. The number of phenolic OH excluding ortho intramolecular Hbond substituents is 2. The molecular weight excluding hydrogens is 1490 g/mol. The summed E-state index contributed by atoms with van der Waals surface area (Å²) >= 11 is 0. The molecule has 10 heteroatoms. The zero-order chi connectivity index (χ0) is 85.3. The summed E-state index contributed by atoms with van der Waals surface area (Å²) in [5.41, 5.74) is 8.37. The second kappa shape index (κ2) is 40.0. The van der Waals surface area contributed by atoms with E-state index >= 15 is 0 Å². The Kier molecular flexibility index (Phi) is 29.8. The van der Waals surface area contributed by atoms with Crippen LogP contribution in [-0.2, 0) is 19.1 Å². The van der Waals surface area contributed by atoms with Crippen LogP contribution in [-0.4, -0.2) is 45.9 Å². The van der Waals surface area contributed by atoms with Gasteiger partial charge in [0.15, 0.2) is 12.6 Å². The summed E-state index contributed by atoms with van der Waals surface area (Å²) in [6.07, 6.45) is 38.8. The maximum absolute atomic E-state index is 12.9. The van der Waals surface area contributed by atoms with Crippen molar-refractivity contribution in [3.8, 4) is 34.5 Å². The summed E-state index contributed by atoms with van der Waals surface area (Å²) < 4.78 is 36.8. The molecule has 0 radical (unpaired) electrons. The van der Waals surface area contributed by atoms with Gasteiger partial charge in [0.1, 0.15) is 34.5 Å². The van der Waals surface area contributed by atoms with E-state index in [0.29, 0.717) is 59.2 Å². The average molecular weight is 1650 g/mol. The molecule has 0 saturated heterocycles. The van der Waals surface area contributed by atoms with E-state index in [-0.39, 0.29) is 46.6 Å². The van der Waals surface area contributed by atoms with Crippen LogP contribution in [0.5, 0.6) is 34.5 Å². The fourth-order valence-electron chi connectivity index (χ4n) is 26.5. The molecule has 656 valence electrons. The monoisotopic (exact) mass is 1650 g/mol. The molecule has 16 saturated carbocycles. The second-order valence-corrected chi connectivity index (χ2v) is 41.9. The quantitative estimate of drug-likeness (QED) is 0.0324. The maximum atomic E-state index is 12.9. The van der Waals surface area contributed by atoms with Gasteiger partial charge < -0.3 is 38.6 Å². The van der Waals surface area contributed by atoms with Gasteiger partial charge >= 0.3 is 11.9 Å². The molecule has 10 nitrogen and oxygen atoms in total. The highest BCUT2D eigenvalue weighted by atomic mass is 16.7. The first kappa shape index (κ1) is 90.1. The lowest BCUT2D eigenvalue weighted by Gasteiger charge is -2.56. The molecule has 2 N–H and O–H groups in total. The topological polar surface area (TPSA) is 130 Å². The van der Waals surface area contributed by atoms with Gasteiger partial charge in [-0.3, -0.25) is 9.59 Å². The molecule has 8 atom stereocenters. The predicted octanol–water partition coefficient (Wildman–Crippen LogP) is 29.8. The Balaban J connectivity index is 0.000000121. The Morgan fingerprint density at radius 2 is 0.603 bits per heavy atom. The minimum atomic E-state index is -0.163. The summed E-state index contributed by atoms with van der Waals surface area (Å²) in [4.78, 5) is 25.5. The number of esters is 2. The van der Waals surface area contributed by atoms with E-state index in [0.717, 1.165) is 139 Å². The van der Waals surface area contributed by atoms with Crippen LogP contribution in [0.15, 0.2) is 158 Å². The van der Waals surface area contributed by atoms with Gasteiger partial charge in [-0.2, -0.15) is 0 Å². The highest BCUT2D eigenvalue weighted by Gasteiger charge is 2.57. The number of phenols is 2. The smallest absolute Gasteiger partial charge is 0.317 e. The molecule has 0 spiro atoms. The van der Waals surface area contributed by atoms with E-state index in [9.17, 15) is 14.7 Å². The van der Waals surface area contributed by atoms with Crippen LogP contribution in [0.25, 0.3) is 10.8 Å². The van der Waals surface area contributed by atoms with Crippen molar-refractivity contribution in [3.63, 3.8) is 0 Å². The predicted molar refractivity (Wildman–Crippen MR) is 493 cm³/mol. The van der Waals surface area contributed by atoms with E-state index in [1.54, 1.807) is 18.2 Å². The van der Waals surface area contributed by atoms with Crippen LogP contribution in [0.2, 0.25) is 0 Å². The SMILES string of the molecule is CCC(C)c1ccc(O)c2ccccc12.CCC(C)c1ccc(O)cc1.CCC(C)c1ccc(OC(=O)C23CC4CC(CC(C4)C2)C3)cc1.CCC(C)c1ccc(OC(=O)CC23CC4CC(CC(C4)C2)C3)cc1.CCC(C)c1ccc(OC(C)OC23CC4CC(CC(C4)C2)C3)cc1.CCC(C)c1ccc(OC(C)OC23CC4CC(CC(C4)C2)C3)cc1. The number of benzene rings is 7. The van der Waals surface area contributed by atoms with Crippen LogP contribution in [0.3, 0.4) is 0 Å². The van der Waals surface area contributed by atoms with Crippen molar-refractivity contribution >= 4 is 22.7 Å². The molecule has 7 aromatic rings. The van der Waals surface area contributed by atoms with Gasteiger partial charge in [-0.1, -0.05) is 174 Å². The molecule has 16 aliphatic carbocycles. The lowest BCUT2D eigenvalue weighted by molar-refractivity contribution is -0.226. The molecule has 7 aromatic carbocycles. The van der Waals surface area contributed by atoms with Crippen molar-refractivity contribution in [2.45, 2.75) is 355 Å². The molecule has 8 unspecified atom stereocenters. The van der Waals surface area contributed by atoms with E-state index in [4.69, 9.17) is 33.5 Å². The van der Waals surface area contributed by atoms with Gasteiger partial charge in [0, 0.05) is 5.39 Å². The molecule has 0 aromatic heterocycles. The van der Waals surface area contributed by atoms with Gasteiger partial charge in [-0.15, -0.1) is 0 Å². The normalized spacial score (nSPS) is 31.1. The molecule has 23 rings (SSSR count). The fourth-order valence-corrected chi connectivity index (χ4v) is 26.5. The number of hydrogen-bond donors (Lipinski definition) is 2. The van der Waals surface area contributed by atoms with Gasteiger partial charge in [0.2, 0.25) is 0 Å². The fraction of sp³-hybridized carbons (Fsp3) is 0.622. The summed E-state index contributed by atoms with van der Waals surface area (Å²) in [5, 5.41) is 20.9. The molecular formula is C111H152O10. The molecule has 16 bridgehead atoms. The Morgan fingerprint density at radius 3 is 0.926 bits per heavy atom. The summed E-state index contributed by atoms with van der Waals surface area (Å²) in [6.45, 7) is 30.8. The van der Waals surface area contributed by atoms with Crippen molar-refractivity contribution in [2.24, 2.45) is 81.8 Å². The van der Waals surface area contributed by atoms with Crippen molar-refractivity contribution in [1.82, 2.24) is 0 Å². The number of carbonyl (C=O) groups is 2. The van der Waals surface area contributed by atoms with Crippen molar-refractivity contribution in [2.75, 3.05) is 0 Å². The molecule has 121 heavy (non-hydrogen) atoms. The van der Waals surface area contributed by atoms with Crippen molar-refractivity contribution in [3.05, 3.63) is 191 Å². The maximum Gasteiger partial charge on any atom is 0.317 e. The second-order valence-electron chi connectivity index (χ2n) is 41.9. The number of carbonyl (C=O) groups excluding carboxylic acids is 2. The van der Waals surface area contributed by atoms with Gasteiger partial charge in [0.05, 0.1) is 23.0 Å². The van der Waals surface area contributed by atoms with Crippen LogP contribution >= 0.6 is 0 Å². The van der Waals surface area contributed by atoms with Crippen molar-refractivity contribution < 1.29 is 48.2 Å². The molecule has 0 heterocycles. The largest absolute Gasteiger partial charge is 0.508 e. The lowest BCUT2D eigenvalue weighted by Crippen LogP contribution is -2.53. The lowest BCUT2D eigenvalue weighted by atomic mass is 9.49. The van der Waals surface area contributed by atoms with E-state index in [2.05, 4.69) is 176 Å². The van der Waals surface area contributed by atoms with Gasteiger partial charge in [-0.25, -0.2) is 0 Å². The highest BCUT2D eigenvalue weighted by molar-refractivity contribution is 5.91. The number of rotatable bonds is 25. The third kappa shape index (κ3) is 22.6. The Hall–Kier alpha value is -7.14. The summed E-state index contributed by atoms with van der Waals surface area (Å²) in [7, 11) is 0. The minimum absolute atomic E-state index is 0.0201. The Bertz CT molecular complexity index is 4200. The van der Waals surface area contributed by atoms with Crippen LogP contribution < -0.4 is 18.9 Å². The third-order valence-corrected chi connectivity index (χ3v) is 32.4. The van der Waals surface area contributed by atoms with Crippen LogP contribution in [0.4, 0.5) is 0 Å². The number of aromatic hydroxyl groups is 2. The zero-order valence-electron chi connectivity index (χ0n) is 76.6. The average Bonchev–Trinajstić information content (AvgIpc) is 0.762. The van der Waals surface area contributed by atoms with Gasteiger partial charge in [0.25, 0.3) is 0 Å². The molecule has 16 fully saturated rings. The van der Waals surface area contributed by atoms with Gasteiger partial charge in [-0.05, 0) is 424 Å². The minimum Gasteiger partial charge on any atom is -0.508 e. The van der Waals surface area contributed by atoms with E-state index in [1.807, 2.05) is 60.7 Å². The Morgan fingerprint density at radius 1 is 0.322 bits per heavy atom. The zero-order valence-corrected chi connectivity index (χ0v) is 76.6. The third-order valence-electron chi connectivity index (χ3n) is 32.4. The summed E-state index contributed by atoms with van der Waals surface area (Å²) in [5.74, 6) is 18.0. The van der Waals surface area contributed by atoms with Crippen LogP contribution in [0, 0.1) is 81.8 Å². The first-order valence-electron chi connectivity index (χ1n) is 48.7. The summed E-state index contributed by atoms with van der Waals surface area (Å²) in [6, 6.07) is 52.7. The van der Waals surface area contributed by atoms with E-state index in [1.165, 1.54) is 186 Å². The highest BCUT2D eigenvalue weighted by Crippen LogP contribution is 2.64. The van der Waals surface area contributed by atoms with Crippen LogP contribution in [0.1, 0.15) is 365 Å². The molecule has 0 aliphatic heterocycles. The van der Waals surface area contributed by atoms with E-state index < -0.39 is 0 Å². The number of hydrogen-bond acceptors (Lipinski definition) is 10. The molecule has 16 aliphatic rings. The number of ether oxygens (including phenoxy) is 6. The van der Waals surface area contributed by atoms with Crippen molar-refractivity contribution in [1.29, 1.82) is 0 Å². The Labute approximate surface area is 729 Å². The standard InChI is InChI=1S/2C22H32O2.C22H30O2.C21H28O2.C14H16O.C10H14O/c2*1-4-15(2)20-5-7-21(8-6-20)23-16(3)24-22-12-17-9-18(13-22)11-19(10-17)14-22;1-3-15(2)19-4-6-20(7-5-19)24-21(23)14-22-11-16-8-17(12-22)10-18(9-16)13-22;1-3-14(2)18-4-6-19(7-5-18)23-20(22)21-11-15-8-16(12-21)10-17(9-15)13-21;1-3-10(2)11-8-9-14(15)13-7-5-4-6-12(11)13;1-3-8(2)9-4-6-10(11)7-5-9/h2*5-8,15-19H,4,9-14H2,1-3H3;4-7,15-18H,3,8-14H2,1-2H3;4-7,14-17H,3,8-13H2,1-2H3;4-10,15H,3H2,1-2H3;4-8,11H,3H2,1-2H3.